The molecule has 2 rings (SSSR count). The first-order valence-corrected chi connectivity index (χ1v) is 7.61. The topological polar surface area (TPSA) is 21.3 Å². The van der Waals surface area contributed by atoms with E-state index in [1.165, 1.54) is 0 Å². The van der Waals surface area contributed by atoms with Crippen LogP contribution in [0.1, 0.15) is 11.1 Å². The lowest BCUT2D eigenvalue weighted by atomic mass is 10.1. The molecule has 0 saturated heterocycles. The largest absolute Gasteiger partial charge is 0.381 e. The van der Waals surface area contributed by atoms with Gasteiger partial charge in [-0.3, -0.25) is 0 Å². The van der Waals surface area contributed by atoms with Crippen molar-refractivity contribution in [2.75, 3.05) is 12.4 Å². The summed E-state index contributed by atoms with van der Waals surface area (Å²) in [5.41, 5.74) is 3.10. The van der Waals surface area contributed by atoms with E-state index in [4.69, 9.17) is 27.9 Å². The molecule has 0 fully saturated rings. The third kappa shape index (κ3) is 3.89. The molecular formula is C15H14BrCl2NO. The monoisotopic (exact) mass is 373 g/mol. The van der Waals surface area contributed by atoms with E-state index in [0.29, 0.717) is 23.2 Å². The molecule has 1 N–H and O–H groups in total. The molecule has 0 aliphatic carbocycles. The second-order valence-corrected chi connectivity index (χ2v) is 5.99. The number of rotatable bonds is 5. The van der Waals surface area contributed by atoms with Crippen molar-refractivity contribution < 1.29 is 4.74 Å². The average molecular weight is 375 g/mol. The Morgan fingerprint density at radius 2 is 2.00 bits per heavy atom. The van der Waals surface area contributed by atoms with Crippen molar-refractivity contribution in [2.24, 2.45) is 0 Å². The van der Waals surface area contributed by atoms with Crippen LogP contribution in [0.4, 0.5) is 5.69 Å². The molecule has 20 heavy (non-hydrogen) atoms. The van der Waals surface area contributed by atoms with Crippen molar-refractivity contribution >= 4 is 44.8 Å². The number of benzene rings is 2. The molecule has 0 saturated carbocycles. The number of methoxy groups -OCH3 is 1. The molecule has 2 nitrogen and oxygen atoms in total. The molecule has 0 heterocycles. The minimum Gasteiger partial charge on any atom is -0.381 e. The lowest BCUT2D eigenvalue weighted by molar-refractivity contribution is 0.185. The van der Waals surface area contributed by atoms with E-state index in [0.717, 1.165) is 21.3 Å². The Balaban J connectivity index is 2.16. The Hall–Kier alpha value is -0.740. The SMILES string of the molecule is COCc1c(Br)cccc1NCc1ccc(Cl)cc1Cl. The molecule has 0 aromatic heterocycles. The van der Waals surface area contributed by atoms with Crippen molar-refractivity contribution in [1.29, 1.82) is 0 Å². The van der Waals surface area contributed by atoms with E-state index in [-0.39, 0.29) is 0 Å². The standard InChI is InChI=1S/C15H14BrCl2NO/c1-20-9-12-13(16)3-2-4-15(12)19-8-10-5-6-11(17)7-14(10)18/h2-7,19H,8-9H2,1H3. The predicted octanol–water partition coefficient (Wildman–Crippen LogP) is 5.51. The van der Waals surface area contributed by atoms with Crippen molar-refractivity contribution in [3.8, 4) is 0 Å². The van der Waals surface area contributed by atoms with Gasteiger partial charge in [0, 0.05) is 39.4 Å². The first-order chi connectivity index (χ1) is 9.61. The van der Waals surface area contributed by atoms with Gasteiger partial charge in [0.15, 0.2) is 0 Å². The van der Waals surface area contributed by atoms with Gasteiger partial charge in [-0.2, -0.15) is 0 Å². The van der Waals surface area contributed by atoms with Crippen molar-refractivity contribution in [3.63, 3.8) is 0 Å². The van der Waals surface area contributed by atoms with Gasteiger partial charge in [-0.15, -0.1) is 0 Å². The molecule has 0 atom stereocenters. The molecule has 106 valence electrons. The fraction of sp³-hybridized carbons (Fsp3) is 0.200. The van der Waals surface area contributed by atoms with E-state index in [1.807, 2.05) is 30.3 Å². The van der Waals surface area contributed by atoms with Gasteiger partial charge in [0.1, 0.15) is 0 Å². The van der Waals surface area contributed by atoms with Crippen LogP contribution < -0.4 is 5.32 Å². The Labute approximate surface area is 137 Å². The fourth-order valence-electron chi connectivity index (χ4n) is 1.87. The molecule has 5 heteroatoms. The second-order valence-electron chi connectivity index (χ2n) is 4.29. The summed E-state index contributed by atoms with van der Waals surface area (Å²) >= 11 is 15.6. The van der Waals surface area contributed by atoms with Gasteiger partial charge in [-0.25, -0.2) is 0 Å². The number of ether oxygens (including phenoxy) is 1. The zero-order chi connectivity index (χ0) is 14.5. The van der Waals surface area contributed by atoms with Crippen LogP contribution >= 0.6 is 39.1 Å². The zero-order valence-corrected chi connectivity index (χ0v) is 14.0. The van der Waals surface area contributed by atoms with Gasteiger partial charge in [0.25, 0.3) is 0 Å². The summed E-state index contributed by atoms with van der Waals surface area (Å²) in [5, 5.41) is 4.68. The van der Waals surface area contributed by atoms with E-state index < -0.39 is 0 Å². The van der Waals surface area contributed by atoms with Crippen LogP contribution in [0.3, 0.4) is 0 Å². The maximum Gasteiger partial charge on any atom is 0.0744 e. The Bertz CT molecular complexity index is 604. The summed E-state index contributed by atoms with van der Waals surface area (Å²) in [6.07, 6.45) is 0. The van der Waals surface area contributed by atoms with Gasteiger partial charge in [-0.05, 0) is 29.8 Å². The van der Waals surface area contributed by atoms with Crippen molar-refractivity contribution in [3.05, 3.63) is 62.0 Å². The van der Waals surface area contributed by atoms with Crippen molar-refractivity contribution in [1.82, 2.24) is 0 Å². The summed E-state index contributed by atoms with van der Waals surface area (Å²) in [6, 6.07) is 11.5. The number of nitrogens with one attached hydrogen (secondary N) is 1. The third-order valence-corrected chi connectivity index (χ3v) is 4.22. The fourth-order valence-corrected chi connectivity index (χ4v) is 2.83. The lowest BCUT2D eigenvalue weighted by Gasteiger charge is -2.14. The van der Waals surface area contributed by atoms with Crippen LogP contribution in [0.5, 0.6) is 0 Å². The molecule has 0 radical (unpaired) electrons. The maximum absolute atomic E-state index is 6.17. The highest BCUT2D eigenvalue weighted by Gasteiger charge is 2.07. The minimum atomic E-state index is 0.540. The highest BCUT2D eigenvalue weighted by atomic mass is 79.9. The van der Waals surface area contributed by atoms with E-state index in [1.54, 1.807) is 13.2 Å². The van der Waals surface area contributed by atoms with Gasteiger partial charge < -0.3 is 10.1 Å². The summed E-state index contributed by atoms with van der Waals surface area (Å²) in [7, 11) is 1.68. The van der Waals surface area contributed by atoms with E-state index in [9.17, 15) is 0 Å². The molecule has 0 spiro atoms. The summed E-state index contributed by atoms with van der Waals surface area (Å²) in [6.45, 7) is 1.17. The lowest BCUT2D eigenvalue weighted by Crippen LogP contribution is -2.04. The maximum atomic E-state index is 6.17. The Morgan fingerprint density at radius 3 is 2.70 bits per heavy atom. The molecule has 0 aliphatic heterocycles. The van der Waals surface area contributed by atoms with Crippen LogP contribution in [0.2, 0.25) is 10.0 Å². The highest BCUT2D eigenvalue weighted by Crippen LogP contribution is 2.27. The Kier molecular flexibility index (Phi) is 5.73. The summed E-state index contributed by atoms with van der Waals surface area (Å²) < 4.78 is 6.25. The van der Waals surface area contributed by atoms with Crippen LogP contribution in [0.25, 0.3) is 0 Å². The third-order valence-electron chi connectivity index (χ3n) is 2.89. The van der Waals surface area contributed by atoms with E-state index in [2.05, 4.69) is 21.2 Å². The number of halogens is 3. The van der Waals surface area contributed by atoms with Gasteiger partial charge >= 0.3 is 0 Å². The minimum absolute atomic E-state index is 0.540. The van der Waals surface area contributed by atoms with Gasteiger partial charge in [-0.1, -0.05) is 51.3 Å². The number of hydrogen-bond acceptors (Lipinski definition) is 2. The number of hydrogen-bond donors (Lipinski definition) is 1. The zero-order valence-electron chi connectivity index (χ0n) is 10.9. The molecule has 0 aliphatic rings. The first kappa shape index (κ1) is 15.6. The number of anilines is 1. The normalized spacial score (nSPS) is 10.6. The molecule has 0 amide bonds. The predicted molar refractivity (Wildman–Crippen MR) is 88.6 cm³/mol. The molecule has 2 aromatic carbocycles. The highest BCUT2D eigenvalue weighted by molar-refractivity contribution is 9.10. The van der Waals surface area contributed by atoms with Crippen LogP contribution in [-0.4, -0.2) is 7.11 Å². The average Bonchev–Trinajstić information content (AvgIpc) is 2.41. The van der Waals surface area contributed by atoms with Crippen molar-refractivity contribution in [2.45, 2.75) is 13.2 Å². The van der Waals surface area contributed by atoms with Crippen LogP contribution in [0, 0.1) is 0 Å². The summed E-state index contributed by atoms with van der Waals surface area (Å²) in [5.74, 6) is 0. The summed E-state index contributed by atoms with van der Waals surface area (Å²) in [4.78, 5) is 0. The Morgan fingerprint density at radius 1 is 1.20 bits per heavy atom. The van der Waals surface area contributed by atoms with E-state index >= 15 is 0 Å². The smallest absolute Gasteiger partial charge is 0.0744 e. The van der Waals surface area contributed by atoms with Gasteiger partial charge in [0.2, 0.25) is 0 Å². The molecule has 0 unspecified atom stereocenters. The first-order valence-electron chi connectivity index (χ1n) is 6.06. The molecular weight excluding hydrogens is 361 g/mol. The molecule has 0 bridgehead atoms. The van der Waals surface area contributed by atoms with Gasteiger partial charge in [0.05, 0.1) is 6.61 Å². The van der Waals surface area contributed by atoms with Crippen LogP contribution in [0.15, 0.2) is 40.9 Å². The second kappa shape index (κ2) is 7.32. The molecule has 2 aromatic rings. The van der Waals surface area contributed by atoms with Crippen LogP contribution in [-0.2, 0) is 17.9 Å². The quantitative estimate of drug-likeness (QED) is 0.744.